The molecule has 0 saturated heterocycles. The molecule has 1 unspecified atom stereocenters. The Morgan fingerprint density at radius 2 is 1.29 bits per heavy atom. The summed E-state index contributed by atoms with van der Waals surface area (Å²) in [6.07, 6.45) is 13.3. The molecule has 7 aromatic carbocycles. The lowest BCUT2D eigenvalue weighted by atomic mass is 9.89. The minimum Gasteiger partial charge on any atom is -0.367 e. The predicted octanol–water partition coefficient (Wildman–Crippen LogP) is 14.5. The number of likely N-dealkylation sites (N-methyl/N-ethyl adjacent to an activating group) is 1. The van der Waals surface area contributed by atoms with Crippen LogP contribution in [0.1, 0.15) is 53.1 Å². The van der Waals surface area contributed by atoms with E-state index in [1.807, 2.05) is 0 Å². The molecular weight excluding hydrogens is 713 g/mol. The third-order valence-electron chi connectivity index (χ3n) is 12.9. The first-order chi connectivity index (χ1) is 29.1. The summed E-state index contributed by atoms with van der Waals surface area (Å²) in [7, 11) is 2.25. The van der Waals surface area contributed by atoms with E-state index in [9.17, 15) is 0 Å². The van der Waals surface area contributed by atoms with Crippen LogP contribution in [0.15, 0.2) is 195 Å². The van der Waals surface area contributed by atoms with Crippen LogP contribution in [0.4, 0.5) is 5.69 Å². The maximum absolute atomic E-state index is 4.79. The van der Waals surface area contributed by atoms with Crippen LogP contribution in [0, 0.1) is 0 Å². The molecule has 8 aromatic rings. The van der Waals surface area contributed by atoms with Gasteiger partial charge < -0.3 is 9.47 Å². The van der Waals surface area contributed by atoms with E-state index < -0.39 is 0 Å². The van der Waals surface area contributed by atoms with Crippen molar-refractivity contribution in [2.45, 2.75) is 37.6 Å². The molecule has 0 N–H and O–H groups in total. The molecule has 11 rings (SSSR count). The monoisotopic (exact) mass is 758 g/mol. The Morgan fingerprint density at radius 1 is 0.610 bits per heavy atom. The molecular formula is C57H46N2. The molecule has 0 radical (unpaired) electrons. The lowest BCUT2D eigenvalue weighted by Gasteiger charge is -2.31. The molecule has 2 nitrogen and oxygen atoms in total. The van der Waals surface area contributed by atoms with Crippen molar-refractivity contribution < 1.29 is 0 Å². The highest BCUT2D eigenvalue weighted by Gasteiger charge is 2.29. The fraction of sp³-hybridized carbons (Fsp3) is 0.123. The van der Waals surface area contributed by atoms with E-state index in [1.54, 1.807) is 0 Å². The standard InChI is InChI=1S/C57H46N2/c1-38(49-23-14-15-24-51(49)40-26-27-40)50-30-28-41(35-54(50)58(2)47-19-8-4-9-20-47)45-32-44(39-16-6-3-7-17-39)33-46(34-45)42-29-31-53-55(36-42)59(48-21-10-5-11-22-48)56-37-43-18-12-13-25-52(43)57(53)56/h3-19,21-25,28-36,40,47H,1,20,26-27,37H2,2H3. The van der Waals surface area contributed by atoms with Crippen molar-refractivity contribution in [3.8, 4) is 50.2 Å². The smallest absolute Gasteiger partial charge is 0.0544 e. The molecule has 0 aliphatic heterocycles. The van der Waals surface area contributed by atoms with Crippen LogP contribution in [0.2, 0.25) is 0 Å². The summed E-state index contributed by atoms with van der Waals surface area (Å²) >= 11 is 0. The van der Waals surface area contributed by atoms with Gasteiger partial charge in [-0.25, -0.2) is 0 Å². The number of nitrogens with zero attached hydrogens (tertiary/aromatic N) is 2. The van der Waals surface area contributed by atoms with Gasteiger partial charge in [0.2, 0.25) is 0 Å². The lowest BCUT2D eigenvalue weighted by Crippen LogP contribution is -2.31. The van der Waals surface area contributed by atoms with Gasteiger partial charge >= 0.3 is 0 Å². The first-order valence-corrected chi connectivity index (χ1v) is 21.1. The van der Waals surface area contributed by atoms with Gasteiger partial charge in [0, 0.05) is 47.1 Å². The Bertz CT molecular complexity index is 2970. The van der Waals surface area contributed by atoms with E-state index in [2.05, 4.69) is 205 Å². The molecule has 3 aliphatic carbocycles. The Morgan fingerprint density at radius 3 is 2.05 bits per heavy atom. The Hall–Kier alpha value is -6.90. The summed E-state index contributed by atoms with van der Waals surface area (Å²) in [6.45, 7) is 4.79. The van der Waals surface area contributed by atoms with Crippen LogP contribution in [0.5, 0.6) is 0 Å². The van der Waals surface area contributed by atoms with Crippen molar-refractivity contribution in [3.05, 3.63) is 223 Å². The van der Waals surface area contributed by atoms with Gasteiger partial charge in [0.05, 0.1) is 11.6 Å². The molecule has 1 atom stereocenters. The molecule has 0 bridgehead atoms. The Balaban J connectivity index is 1.08. The van der Waals surface area contributed by atoms with Crippen LogP contribution in [0.25, 0.3) is 66.7 Å². The van der Waals surface area contributed by atoms with E-state index in [1.165, 1.54) is 108 Å². The second-order valence-corrected chi connectivity index (χ2v) is 16.5. The van der Waals surface area contributed by atoms with E-state index >= 15 is 0 Å². The van der Waals surface area contributed by atoms with Crippen molar-refractivity contribution >= 4 is 22.2 Å². The maximum atomic E-state index is 4.79. The number of para-hydroxylation sites is 1. The van der Waals surface area contributed by atoms with Crippen molar-refractivity contribution in [1.82, 2.24) is 4.57 Å². The van der Waals surface area contributed by atoms with Crippen LogP contribution < -0.4 is 4.90 Å². The second kappa shape index (κ2) is 14.5. The van der Waals surface area contributed by atoms with E-state index in [4.69, 9.17) is 6.58 Å². The molecule has 1 fully saturated rings. The van der Waals surface area contributed by atoms with Gasteiger partial charge in [-0.05, 0) is 129 Å². The van der Waals surface area contributed by atoms with Crippen molar-refractivity contribution in [3.63, 3.8) is 0 Å². The highest BCUT2D eigenvalue weighted by Crippen LogP contribution is 2.47. The minimum atomic E-state index is 0.257. The number of fused-ring (bicyclic) bond motifs is 5. The zero-order valence-corrected chi connectivity index (χ0v) is 33.5. The summed E-state index contributed by atoms with van der Waals surface area (Å²) in [5, 5.41) is 1.30. The maximum Gasteiger partial charge on any atom is 0.0544 e. The van der Waals surface area contributed by atoms with Gasteiger partial charge in [-0.1, -0.05) is 152 Å². The summed E-state index contributed by atoms with van der Waals surface area (Å²) in [6, 6.07) is 61.1. The molecule has 3 aliphatic rings. The number of hydrogen-bond acceptors (Lipinski definition) is 1. The molecule has 1 aromatic heterocycles. The molecule has 59 heavy (non-hydrogen) atoms. The third kappa shape index (κ3) is 6.28. The Kier molecular flexibility index (Phi) is 8.66. The van der Waals surface area contributed by atoms with E-state index in [0.29, 0.717) is 5.92 Å². The molecule has 1 saturated carbocycles. The molecule has 0 amide bonds. The van der Waals surface area contributed by atoms with Crippen molar-refractivity contribution in [1.29, 1.82) is 0 Å². The summed E-state index contributed by atoms with van der Waals surface area (Å²) in [5.41, 5.74) is 21.3. The van der Waals surface area contributed by atoms with Gasteiger partial charge in [-0.3, -0.25) is 0 Å². The number of aromatic nitrogens is 1. The van der Waals surface area contributed by atoms with Crippen molar-refractivity contribution in [2.75, 3.05) is 11.9 Å². The van der Waals surface area contributed by atoms with Gasteiger partial charge in [0.25, 0.3) is 0 Å². The molecule has 1 heterocycles. The largest absolute Gasteiger partial charge is 0.367 e. The van der Waals surface area contributed by atoms with E-state index in [-0.39, 0.29) is 6.04 Å². The third-order valence-corrected chi connectivity index (χ3v) is 12.9. The summed E-state index contributed by atoms with van der Waals surface area (Å²) in [5.74, 6) is 0.639. The minimum absolute atomic E-state index is 0.257. The van der Waals surface area contributed by atoms with Crippen molar-refractivity contribution in [2.24, 2.45) is 0 Å². The molecule has 284 valence electrons. The second-order valence-electron chi connectivity index (χ2n) is 16.5. The number of benzene rings is 7. The Labute approximate surface area is 347 Å². The first kappa shape index (κ1) is 35.3. The number of allylic oxidation sites excluding steroid dienone is 2. The fourth-order valence-electron chi connectivity index (χ4n) is 9.68. The van der Waals surface area contributed by atoms with Crippen LogP contribution >= 0.6 is 0 Å². The van der Waals surface area contributed by atoms with Gasteiger partial charge in [-0.2, -0.15) is 0 Å². The average Bonchev–Trinajstić information content (AvgIpc) is 4.02. The molecule has 0 spiro atoms. The van der Waals surface area contributed by atoms with Crippen LogP contribution in [-0.2, 0) is 6.42 Å². The van der Waals surface area contributed by atoms with Gasteiger partial charge in [0.15, 0.2) is 0 Å². The highest BCUT2D eigenvalue weighted by molar-refractivity contribution is 6.04. The summed E-state index contributed by atoms with van der Waals surface area (Å²) < 4.78 is 2.50. The number of hydrogen-bond donors (Lipinski definition) is 0. The number of rotatable bonds is 9. The zero-order valence-electron chi connectivity index (χ0n) is 33.5. The summed E-state index contributed by atoms with van der Waals surface area (Å²) in [4.78, 5) is 2.45. The fourth-order valence-corrected chi connectivity index (χ4v) is 9.68. The first-order valence-electron chi connectivity index (χ1n) is 21.1. The average molecular weight is 759 g/mol. The molecule has 2 heteroatoms. The van der Waals surface area contributed by atoms with Gasteiger partial charge in [-0.15, -0.1) is 0 Å². The topological polar surface area (TPSA) is 8.17 Å². The predicted molar refractivity (Wildman–Crippen MR) is 249 cm³/mol. The van der Waals surface area contributed by atoms with Gasteiger partial charge in [0.1, 0.15) is 0 Å². The van der Waals surface area contributed by atoms with Crippen LogP contribution in [-0.4, -0.2) is 17.7 Å². The SMILES string of the molecule is C=C(c1ccccc1C1CC1)c1ccc(-c2cc(-c3ccccc3)cc(-c3ccc4c5c(n(-c6ccccc6)c4c3)Cc3ccccc3-5)c2)cc1N(C)C1C=CC=CC1. The normalized spacial score (nSPS) is 15.3. The number of anilines is 1. The lowest BCUT2D eigenvalue weighted by molar-refractivity contribution is 0.753. The van der Waals surface area contributed by atoms with E-state index in [0.717, 1.165) is 18.4 Å². The highest BCUT2D eigenvalue weighted by atomic mass is 15.1. The zero-order chi connectivity index (χ0) is 39.5. The quantitative estimate of drug-likeness (QED) is 0.142. The van der Waals surface area contributed by atoms with Crippen LogP contribution in [0.3, 0.4) is 0 Å².